The number of rotatable bonds is 8. The van der Waals surface area contributed by atoms with Gasteiger partial charge in [0.1, 0.15) is 5.82 Å². The third kappa shape index (κ3) is 6.06. The van der Waals surface area contributed by atoms with Crippen molar-refractivity contribution in [2.24, 2.45) is 0 Å². The SMILES string of the molecule is CCCCCCCCOC(=O)c1cc(Cl)ccc1F. The number of carbonyl (C=O) groups excluding carboxylic acids is 1. The van der Waals surface area contributed by atoms with E-state index >= 15 is 0 Å². The second-order valence-electron chi connectivity index (χ2n) is 4.53. The first-order chi connectivity index (χ1) is 9.15. The van der Waals surface area contributed by atoms with Gasteiger partial charge in [0.15, 0.2) is 0 Å². The molecule has 2 nitrogen and oxygen atoms in total. The lowest BCUT2D eigenvalue weighted by molar-refractivity contribution is 0.0492. The summed E-state index contributed by atoms with van der Waals surface area (Å²) in [5, 5.41) is 0.327. The molecule has 0 unspecified atom stereocenters. The molecule has 1 rings (SSSR count). The molecular weight excluding hydrogens is 267 g/mol. The van der Waals surface area contributed by atoms with Gasteiger partial charge in [-0.3, -0.25) is 0 Å². The fourth-order valence-electron chi connectivity index (χ4n) is 1.78. The maximum absolute atomic E-state index is 13.4. The second kappa shape index (κ2) is 8.92. The van der Waals surface area contributed by atoms with E-state index in [0.29, 0.717) is 11.6 Å². The quantitative estimate of drug-likeness (QED) is 0.497. The lowest BCUT2D eigenvalue weighted by Crippen LogP contribution is -2.08. The molecule has 0 saturated heterocycles. The first-order valence-electron chi connectivity index (χ1n) is 6.77. The first-order valence-corrected chi connectivity index (χ1v) is 7.15. The van der Waals surface area contributed by atoms with E-state index in [9.17, 15) is 9.18 Å². The third-order valence-corrected chi connectivity index (χ3v) is 3.11. The number of benzene rings is 1. The number of halogens is 2. The van der Waals surface area contributed by atoms with Crippen LogP contribution in [0.5, 0.6) is 0 Å². The molecular formula is C15H20ClFO2. The Bertz CT molecular complexity index is 407. The third-order valence-electron chi connectivity index (χ3n) is 2.88. The van der Waals surface area contributed by atoms with Gasteiger partial charge in [-0.1, -0.05) is 50.6 Å². The van der Waals surface area contributed by atoms with Crippen LogP contribution in [0.2, 0.25) is 5.02 Å². The van der Waals surface area contributed by atoms with Crippen molar-refractivity contribution in [2.75, 3.05) is 6.61 Å². The van der Waals surface area contributed by atoms with E-state index < -0.39 is 11.8 Å². The number of ether oxygens (including phenoxy) is 1. The van der Waals surface area contributed by atoms with Gasteiger partial charge >= 0.3 is 5.97 Å². The molecule has 0 saturated carbocycles. The van der Waals surface area contributed by atoms with Gasteiger partial charge in [0.05, 0.1) is 12.2 Å². The summed E-state index contributed by atoms with van der Waals surface area (Å²) in [5.41, 5.74) is -0.0986. The number of unbranched alkanes of at least 4 members (excludes halogenated alkanes) is 5. The summed E-state index contributed by atoms with van der Waals surface area (Å²) in [7, 11) is 0. The Morgan fingerprint density at radius 3 is 2.63 bits per heavy atom. The van der Waals surface area contributed by atoms with Crippen LogP contribution in [0.3, 0.4) is 0 Å². The lowest BCUT2D eigenvalue weighted by atomic mass is 10.1. The predicted octanol–water partition coefficient (Wildman–Crippen LogP) is 5.00. The van der Waals surface area contributed by atoms with Gasteiger partial charge in [-0.15, -0.1) is 0 Å². The van der Waals surface area contributed by atoms with E-state index in [-0.39, 0.29) is 5.56 Å². The van der Waals surface area contributed by atoms with Gasteiger partial charge in [-0.05, 0) is 24.6 Å². The Morgan fingerprint density at radius 1 is 1.21 bits per heavy atom. The average Bonchev–Trinajstić information content (AvgIpc) is 2.40. The van der Waals surface area contributed by atoms with Crippen molar-refractivity contribution < 1.29 is 13.9 Å². The molecule has 0 atom stereocenters. The minimum atomic E-state index is -0.645. The summed E-state index contributed by atoms with van der Waals surface area (Å²) >= 11 is 5.72. The van der Waals surface area contributed by atoms with Crippen LogP contribution in [0.15, 0.2) is 18.2 Å². The van der Waals surface area contributed by atoms with E-state index in [2.05, 4.69) is 6.92 Å². The van der Waals surface area contributed by atoms with Crippen LogP contribution in [0.1, 0.15) is 55.8 Å². The first kappa shape index (κ1) is 16.0. The Hall–Kier alpha value is -1.09. The van der Waals surface area contributed by atoms with Crippen LogP contribution < -0.4 is 0 Å². The highest BCUT2D eigenvalue weighted by molar-refractivity contribution is 6.30. The van der Waals surface area contributed by atoms with Crippen molar-refractivity contribution in [1.29, 1.82) is 0 Å². The van der Waals surface area contributed by atoms with Gasteiger partial charge in [-0.25, -0.2) is 9.18 Å². The molecule has 0 aliphatic heterocycles. The molecule has 1 aromatic carbocycles. The maximum Gasteiger partial charge on any atom is 0.341 e. The van der Waals surface area contributed by atoms with Gasteiger partial charge < -0.3 is 4.74 Å². The highest BCUT2D eigenvalue weighted by Crippen LogP contribution is 2.16. The predicted molar refractivity (Wildman–Crippen MR) is 75.1 cm³/mol. The molecule has 0 radical (unpaired) electrons. The Labute approximate surface area is 118 Å². The van der Waals surface area contributed by atoms with Crippen molar-refractivity contribution in [2.45, 2.75) is 45.4 Å². The summed E-state index contributed by atoms with van der Waals surface area (Å²) in [6, 6.07) is 3.87. The number of hydrogen-bond acceptors (Lipinski definition) is 2. The monoisotopic (exact) mass is 286 g/mol. The van der Waals surface area contributed by atoms with Crippen molar-refractivity contribution in [3.8, 4) is 0 Å². The largest absolute Gasteiger partial charge is 0.462 e. The lowest BCUT2D eigenvalue weighted by Gasteiger charge is -2.06. The molecule has 0 aliphatic carbocycles. The molecule has 0 N–H and O–H groups in total. The fraction of sp³-hybridized carbons (Fsp3) is 0.533. The molecule has 0 aliphatic rings. The van der Waals surface area contributed by atoms with Gasteiger partial charge in [0, 0.05) is 5.02 Å². The highest BCUT2D eigenvalue weighted by atomic mass is 35.5. The Kier molecular flexibility index (Phi) is 7.49. The summed E-state index contributed by atoms with van der Waals surface area (Å²) in [4.78, 5) is 11.6. The van der Waals surface area contributed by atoms with Gasteiger partial charge in [0.25, 0.3) is 0 Å². The van der Waals surface area contributed by atoms with Crippen molar-refractivity contribution in [1.82, 2.24) is 0 Å². The van der Waals surface area contributed by atoms with E-state index in [1.54, 1.807) is 0 Å². The summed E-state index contributed by atoms with van der Waals surface area (Å²) in [6.07, 6.45) is 6.67. The van der Waals surface area contributed by atoms with Crippen LogP contribution in [0.25, 0.3) is 0 Å². The minimum absolute atomic E-state index is 0.0986. The van der Waals surface area contributed by atoms with Crippen LogP contribution in [-0.2, 0) is 4.74 Å². The standard InChI is InChI=1S/C15H20ClFO2/c1-2-3-4-5-6-7-10-19-15(18)13-11-12(16)8-9-14(13)17/h8-9,11H,2-7,10H2,1H3. The molecule has 1 aromatic rings. The zero-order valence-corrected chi connectivity index (χ0v) is 12.0. The number of carbonyl (C=O) groups is 1. The summed E-state index contributed by atoms with van der Waals surface area (Å²) in [6.45, 7) is 2.50. The topological polar surface area (TPSA) is 26.3 Å². The molecule has 0 fully saturated rings. The van der Waals surface area contributed by atoms with Crippen LogP contribution in [-0.4, -0.2) is 12.6 Å². The minimum Gasteiger partial charge on any atom is -0.462 e. The molecule has 0 amide bonds. The number of esters is 1. The molecule has 4 heteroatoms. The fourth-order valence-corrected chi connectivity index (χ4v) is 1.95. The molecule has 0 bridgehead atoms. The van der Waals surface area contributed by atoms with E-state index in [0.717, 1.165) is 19.3 Å². The van der Waals surface area contributed by atoms with Crippen LogP contribution in [0, 0.1) is 5.82 Å². The van der Waals surface area contributed by atoms with Gasteiger partial charge in [0.2, 0.25) is 0 Å². The summed E-state index contributed by atoms with van der Waals surface area (Å²) in [5.74, 6) is -1.24. The Morgan fingerprint density at radius 2 is 1.89 bits per heavy atom. The van der Waals surface area contributed by atoms with Crippen molar-refractivity contribution in [3.05, 3.63) is 34.6 Å². The zero-order chi connectivity index (χ0) is 14.1. The second-order valence-corrected chi connectivity index (χ2v) is 4.96. The van der Waals surface area contributed by atoms with Crippen molar-refractivity contribution in [3.63, 3.8) is 0 Å². The van der Waals surface area contributed by atoms with E-state index in [1.807, 2.05) is 0 Å². The summed E-state index contributed by atoms with van der Waals surface area (Å²) < 4.78 is 18.4. The number of hydrogen-bond donors (Lipinski definition) is 0. The molecule has 0 aromatic heterocycles. The highest BCUT2D eigenvalue weighted by Gasteiger charge is 2.13. The van der Waals surface area contributed by atoms with E-state index in [4.69, 9.17) is 16.3 Å². The normalized spacial score (nSPS) is 10.5. The van der Waals surface area contributed by atoms with Crippen LogP contribution >= 0.6 is 11.6 Å². The molecule has 106 valence electrons. The zero-order valence-electron chi connectivity index (χ0n) is 11.3. The maximum atomic E-state index is 13.4. The van der Waals surface area contributed by atoms with Crippen LogP contribution in [0.4, 0.5) is 4.39 Å². The molecule has 19 heavy (non-hydrogen) atoms. The molecule has 0 heterocycles. The Balaban J connectivity index is 2.26. The smallest absolute Gasteiger partial charge is 0.341 e. The van der Waals surface area contributed by atoms with E-state index in [1.165, 1.54) is 37.5 Å². The average molecular weight is 287 g/mol. The van der Waals surface area contributed by atoms with Crippen molar-refractivity contribution >= 4 is 17.6 Å². The molecule has 0 spiro atoms. The van der Waals surface area contributed by atoms with Gasteiger partial charge in [-0.2, -0.15) is 0 Å².